The van der Waals surface area contributed by atoms with Crippen molar-refractivity contribution in [3.05, 3.63) is 29.3 Å². The molecule has 0 saturated heterocycles. The molecule has 0 unspecified atom stereocenters. The molecular weight excluding hydrogens is 340 g/mol. The number of hydrogen-bond acceptors (Lipinski definition) is 5. The van der Waals surface area contributed by atoms with Crippen LogP contribution in [0.25, 0.3) is 0 Å². The molecule has 0 aliphatic heterocycles. The van der Waals surface area contributed by atoms with E-state index in [0.29, 0.717) is 0 Å². The second kappa shape index (κ2) is 9.77. The third-order valence-electron chi connectivity index (χ3n) is 3.76. The summed E-state index contributed by atoms with van der Waals surface area (Å²) in [6.45, 7) is 4.17. The van der Waals surface area contributed by atoms with Crippen molar-refractivity contribution in [2.24, 2.45) is 0 Å². The summed E-state index contributed by atoms with van der Waals surface area (Å²) in [6.07, 6.45) is 0.317. The van der Waals surface area contributed by atoms with E-state index in [1.165, 1.54) is 11.0 Å². The highest BCUT2D eigenvalue weighted by atomic mass is 32.2. The van der Waals surface area contributed by atoms with Gasteiger partial charge < -0.3 is 4.90 Å². The number of carbonyl (C=O) groups excluding carboxylic acids is 1. The Balaban J connectivity index is 2.64. The predicted molar refractivity (Wildman–Crippen MR) is 92.8 cm³/mol. The first-order valence-corrected chi connectivity index (χ1v) is 9.38. The second-order valence-electron chi connectivity index (χ2n) is 5.59. The summed E-state index contributed by atoms with van der Waals surface area (Å²) in [5.41, 5.74) is 1.87. The van der Waals surface area contributed by atoms with E-state index in [4.69, 9.17) is 10.5 Å². The van der Waals surface area contributed by atoms with Crippen LogP contribution in [0.15, 0.2) is 23.1 Å². The monoisotopic (exact) mass is 362 g/mol. The molecule has 0 aliphatic rings. The molecule has 134 valence electrons. The van der Waals surface area contributed by atoms with Crippen LogP contribution in [0.3, 0.4) is 0 Å². The smallest absolute Gasteiger partial charge is 0.240 e. The fourth-order valence-corrected chi connectivity index (χ4v) is 3.26. The number of benzene rings is 1. The van der Waals surface area contributed by atoms with E-state index < -0.39 is 10.0 Å². The highest BCUT2D eigenvalue weighted by Crippen LogP contribution is 2.14. The number of sulfonamides is 1. The predicted octanol–water partition coefficient (Wildman–Crippen LogP) is 1.63. The average molecular weight is 362 g/mol. The second-order valence-corrected chi connectivity index (χ2v) is 7.36. The van der Waals surface area contributed by atoms with Gasteiger partial charge in [-0.25, -0.2) is 13.1 Å². The van der Waals surface area contributed by atoms with Crippen LogP contribution in [0.5, 0.6) is 0 Å². The maximum absolute atomic E-state index is 12.3. The van der Waals surface area contributed by atoms with Crippen LogP contribution < -0.4 is 4.72 Å². The van der Waals surface area contributed by atoms with Crippen molar-refractivity contribution in [1.29, 1.82) is 10.5 Å². The number of nitriles is 2. The number of nitrogens with one attached hydrogen (secondary N) is 1. The van der Waals surface area contributed by atoms with Crippen LogP contribution in [0, 0.1) is 36.5 Å². The van der Waals surface area contributed by atoms with Gasteiger partial charge in [-0.05, 0) is 37.1 Å². The molecular formula is C17H22N4O3S. The molecule has 0 aliphatic carbocycles. The van der Waals surface area contributed by atoms with Crippen molar-refractivity contribution in [2.45, 2.75) is 38.0 Å². The molecule has 0 radical (unpaired) electrons. The third kappa shape index (κ3) is 6.54. The normalized spacial score (nSPS) is 10.7. The number of rotatable bonds is 9. The lowest BCUT2D eigenvalue weighted by molar-refractivity contribution is -0.130. The van der Waals surface area contributed by atoms with E-state index in [0.717, 1.165) is 11.1 Å². The van der Waals surface area contributed by atoms with Gasteiger partial charge in [-0.15, -0.1) is 0 Å². The summed E-state index contributed by atoms with van der Waals surface area (Å²) >= 11 is 0. The van der Waals surface area contributed by atoms with E-state index in [1.807, 2.05) is 26.0 Å². The maximum atomic E-state index is 12.3. The molecule has 0 saturated carbocycles. The van der Waals surface area contributed by atoms with E-state index in [2.05, 4.69) is 4.72 Å². The lowest BCUT2D eigenvalue weighted by Crippen LogP contribution is -2.35. The SMILES string of the molecule is Cc1ccc(S(=O)(=O)NCCC(=O)N(CCC#N)CCC#N)cc1C. The first kappa shape index (κ1) is 20.6. The molecule has 1 aromatic rings. The van der Waals surface area contributed by atoms with Crippen molar-refractivity contribution in [2.75, 3.05) is 19.6 Å². The number of nitrogens with zero attached hydrogens (tertiary/aromatic N) is 3. The molecule has 0 heterocycles. The van der Waals surface area contributed by atoms with Crippen LogP contribution in [0.4, 0.5) is 0 Å². The Hall–Kier alpha value is -2.42. The zero-order valence-electron chi connectivity index (χ0n) is 14.4. The number of carbonyl (C=O) groups is 1. The lowest BCUT2D eigenvalue weighted by Gasteiger charge is -2.20. The Labute approximate surface area is 148 Å². The van der Waals surface area contributed by atoms with Crippen molar-refractivity contribution in [3.8, 4) is 12.1 Å². The molecule has 0 fully saturated rings. The summed E-state index contributed by atoms with van der Waals surface area (Å²) in [7, 11) is -3.68. The minimum atomic E-state index is -3.68. The fourth-order valence-electron chi connectivity index (χ4n) is 2.15. The summed E-state index contributed by atoms with van der Waals surface area (Å²) in [6, 6.07) is 8.76. The third-order valence-corrected chi connectivity index (χ3v) is 5.22. The highest BCUT2D eigenvalue weighted by molar-refractivity contribution is 7.89. The standard InChI is InChI=1S/C17H22N4O3S/c1-14-5-6-16(13-15(14)2)25(23,24)20-10-7-17(22)21(11-3-8-18)12-4-9-19/h5-6,13,20H,3-4,7,10-12H2,1-2H3. The highest BCUT2D eigenvalue weighted by Gasteiger charge is 2.17. The molecule has 0 spiro atoms. The van der Waals surface area contributed by atoms with E-state index in [1.54, 1.807) is 12.1 Å². The molecule has 0 aromatic heterocycles. The van der Waals surface area contributed by atoms with Crippen LogP contribution in [-0.2, 0) is 14.8 Å². The van der Waals surface area contributed by atoms with Crippen LogP contribution in [0.2, 0.25) is 0 Å². The first-order chi connectivity index (χ1) is 11.8. The minimum absolute atomic E-state index is 0.0269. The molecule has 25 heavy (non-hydrogen) atoms. The topological polar surface area (TPSA) is 114 Å². The van der Waals surface area contributed by atoms with Gasteiger partial charge in [0.2, 0.25) is 15.9 Å². The van der Waals surface area contributed by atoms with Crippen LogP contribution in [0.1, 0.15) is 30.4 Å². The van der Waals surface area contributed by atoms with Gasteiger partial charge in [-0.2, -0.15) is 10.5 Å². The molecule has 7 nitrogen and oxygen atoms in total. The van der Waals surface area contributed by atoms with E-state index in [-0.39, 0.29) is 49.7 Å². The fraction of sp³-hybridized carbons (Fsp3) is 0.471. The van der Waals surface area contributed by atoms with Gasteiger partial charge in [0.15, 0.2) is 0 Å². The quantitative estimate of drug-likeness (QED) is 0.717. The summed E-state index contributed by atoms with van der Waals surface area (Å²) in [4.78, 5) is 13.7. The van der Waals surface area contributed by atoms with Gasteiger partial charge >= 0.3 is 0 Å². The first-order valence-electron chi connectivity index (χ1n) is 7.90. The van der Waals surface area contributed by atoms with Crippen molar-refractivity contribution < 1.29 is 13.2 Å². The largest absolute Gasteiger partial charge is 0.341 e. The molecule has 0 bridgehead atoms. The summed E-state index contributed by atoms with van der Waals surface area (Å²) in [5, 5.41) is 17.3. The lowest BCUT2D eigenvalue weighted by atomic mass is 10.1. The summed E-state index contributed by atoms with van der Waals surface area (Å²) < 4.78 is 27.0. The van der Waals surface area contributed by atoms with E-state index >= 15 is 0 Å². The molecule has 1 rings (SSSR count). The minimum Gasteiger partial charge on any atom is -0.341 e. The van der Waals surface area contributed by atoms with Crippen molar-refractivity contribution in [3.63, 3.8) is 0 Å². The Morgan fingerprint density at radius 1 is 1.12 bits per heavy atom. The van der Waals surface area contributed by atoms with Crippen LogP contribution in [-0.4, -0.2) is 38.9 Å². The maximum Gasteiger partial charge on any atom is 0.240 e. The van der Waals surface area contributed by atoms with Crippen molar-refractivity contribution >= 4 is 15.9 Å². The van der Waals surface area contributed by atoms with Gasteiger partial charge in [0, 0.05) is 26.1 Å². The molecule has 0 atom stereocenters. The zero-order chi connectivity index (χ0) is 18.9. The Kier molecular flexibility index (Phi) is 8.06. The molecule has 1 aromatic carbocycles. The van der Waals surface area contributed by atoms with Gasteiger partial charge in [0.1, 0.15) is 0 Å². The van der Waals surface area contributed by atoms with Gasteiger partial charge in [0.25, 0.3) is 0 Å². The molecule has 8 heteroatoms. The van der Waals surface area contributed by atoms with E-state index in [9.17, 15) is 13.2 Å². The Morgan fingerprint density at radius 3 is 2.24 bits per heavy atom. The van der Waals surface area contributed by atoms with Gasteiger partial charge in [0.05, 0.1) is 29.9 Å². The molecule has 1 N–H and O–H groups in total. The Morgan fingerprint density at radius 2 is 1.72 bits per heavy atom. The number of aryl methyl sites for hydroxylation is 2. The average Bonchev–Trinajstić information content (AvgIpc) is 2.57. The summed E-state index contributed by atoms with van der Waals surface area (Å²) in [5.74, 6) is -0.284. The zero-order valence-corrected chi connectivity index (χ0v) is 15.3. The van der Waals surface area contributed by atoms with Crippen molar-refractivity contribution in [1.82, 2.24) is 9.62 Å². The van der Waals surface area contributed by atoms with Gasteiger partial charge in [-0.3, -0.25) is 4.79 Å². The van der Waals surface area contributed by atoms with Crippen LogP contribution >= 0.6 is 0 Å². The van der Waals surface area contributed by atoms with Gasteiger partial charge in [-0.1, -0.05) is 6.07 Å². The Bertz CT molecular complexity index is 773. The number of hydrogen-bond donors (Lipinski definition) is 1. The molecule has 1 amide bonds. The number of amides is 1.